The van der Waals surface area contributed by atoms with Crippen molar-refractivity contribution in [1.29, 1.82) is 0 Å². The van der Waals surface area contributed by atoms with E-state index >= 15 is 0 Å². The van der Waals surface area contributed by atoms with Gasteiger partial charge in [-0.3, -0.25) is 0 Å². The molecule has 12 rings (SSSR count). The Labute approximate surface area is 298 Å². The summed E-state index contributed by atoms with van der Waals surface area (Å²) in [6.45, 7) is 0. The average molecular weight is 660 g/mol. The number of hydrogen-bond donors (Lipinski definition) is 0. The number of nitrogens with zero attached hydrogens (tertiary/aromatic N) is 1. The van der Waals surface area contributed by atoms with E-state index in [2.05, 4.69) is 168 Å². The minimum absolute atomic E-state index is 0.909. The molecule has 0 N–H and O–H groups in total. The highest BCUT2D eigenvalue weighted by Gasteiger charge is 2.18. The molecule has 2 nitrogen and oxygen atoms in total. The first-order chi connectivity index (χ1) is 25.8. The van der Waals surface area contributed by atoms with Gasteiger partial charge in [-0.05, 0) is 102 Å². The van der Waals surface area contributed by atoms with Crippen LogP contribution in [-0.2, 0) is 0 Å². The zero-order valence-electron chi connectivity index (χ0n) is 28.1. The molecule has 0 bridgehead atoms. The minimum Gasteiger partial charge on any atom is -0.456 e. The topological polar surface area (TPSA) is 18.1 Å². The van der Waals surface area contributed by atoms with Crippen molar-refractivity contribution in [1.82, 2.24) is 4.57 Å². The minimum atomic E-state index is 0.909. The Morgan fingerprint density at radius 3 is 1.73 bits per heavy atom. The molecule has 0 saturated heterocycles. The first-order valence-corrected chi connectivity index (χ1v) is 17.9. The van der Waals surface area contributed by atoms with Crippen LogP contribution in [0, 0.1) is 0 Å². The van der Waals surface area contributed by atoms with Gasteiger partial charge in [-0.1, -0.05) is 133 Å². The largest absolute Gasteiger partial charge is 0.456 e. The van der Waals surface area contributed by atoms with Crippen molar-refractivity contribution in [3.05, 3.63) is 176 Å². The third-order valence-corrected chi connectivity index (χ3v) is 11.3. The lowest BCUT2D eigenvalue weighted by molar-refractivity contribution is 0.669. The van der Waals surface area contributed by atoms with Gasteiger partial charge < -0.3 is 8.98 Å². The molecular weight excluding hydrogens is 631 g/mol. The van der Waals surface area contributed by atoms with Crippen LogP contribution in [0.25, 0.3) is 115 Å². The molecule has 0 aliphatic carbocycles. The van der Waals surface area contributed by atoms with Crippen molar-refractivity contribution in [2.45, 2.75) is 0 Å². The molecule has 0 amide bonds. The van der Waals surface area contributed by atoms with Crippen LogP contribution >= 0.6 is 0 Å². The van der Waals surface area contributed by atoms with Gasteiger partial charge in [-0.15, -0.1) is 0 Å². The molecule has 2 heterocycles. The normalized spacial score (nSPS) is 12.2. The Hall–Kier alpha value is -6.90. The molecule has 0 fully saturated rings. The molecule has 0 aliphatic rings. The first-order valence-electron chi connectivity index (χ1n) is 17.9. The quantitative estimate of drug-likeness (QED) is 0.173. The van der Waals surface area contributed by atoms with Crippen molar-refractivity contribution in [3.8, 4) is 27.9 Å². The molecule has 0 atom stereocenters. The average Bonchev–Trinajstić information content (AvgIpc) is 3.73. The third-order valence-electron chi connectivity index (χ3n) is 11.3. The van der Waals surface area contributed by atoms with E-state index in [-0.39, 0.29) is 0 Å². The second-order valence-electron chi connectivity index (χ2n) is 14.1. The van der Waals surface area contributed by atoms with E-state index in [4.69, 9.17) is 4.42 Å². The smallest absolute Gasteiger partial charge is 0.137 e. The predicted molar refractivity (Wildman–Crippen MR) is 220 cm³/mol. The predicted octanol–water partition coefficient (Wildman–Crippen LogP) is 14.1. The second kappa shape index (κ2) is 10.3. The standard InChI is InChI=1S/C50H29NO/c1-2-8-34-27-35(14-13-30(34)7-1)38-24-18-33-19-25-41-37(23-17-32-20-26-42(38)50(33)49(32)41)31-15-21-36(22-16-31)51-45-11-5-3-9-39(45)43-28-44-40-10-4-6-12-47(40)52-48(44)29-46(43)51/h1-29H. The molecule has 2 heteroatoms. The van der Waals surface area contributed by atoms with E-state index < -0.39 is 0 Å². The van der Waals surface area contributed by atoms with Crippen molar-refractivity contribution in [3.63, 3.8) is 0 Å². The van der Waals surface area contributed by atoms with E-state index in [9.17, 15) is 0 Å². The summed E-state index contributed by atoms with van der Waals surface area (Å²) >= 11 is 0. The highest BCUT2D eigenvalue weighted by molar-refractivity contribution is 6.27. The van der Waals surface area contributed by atoms with E-state index in [1.165, 1.54) is 81.6 Å². The Bertz CT molecular complexity index is 3400. The molecule has 0 unspecified atom stereocenters. The van der Waals surface area contributed by atoms with Gasteiger partial charge >= 0.3 is 0 Å². The molecule has 0 radical (unpaired) electrons. The molecule has 12 aromatic rings. The number of fused-ring (bicyclic) bond motifs is 7. The third kappa shape index (κ3) is 3.84. The molecule has 0 saturated carbocycles. The van der Waals surface area contributed by atoms with Gasteiger partial charge in [-0.25, -0.2) is 0 Å². The summed E-state index contributed by atoms with van der Waals surface area (Å²) in [5.41, 5.74) is 10.3. The van der Waals surface area contributed by atoms with Crippen molar-refractivity contribution in [2.24, 2.45) is 0 Å². The summed E-state index contributed by atoms with van der Waals surface area (Å²) < 4.78 is 8.72. The zero-order chi connectivity index (χ0) is 33.9. The fourth-order valence-corrected chi connectivity index (χ4v) is 8.92. The van der Waals surface area contributed by atoms with Crippen LogP contribution < -0.4 is 0 Å². The summed E-state index contributed by atoms with van der Waals surface area (Å²) in [7, 11) is 0. The van der Waals surface area contributed by atoms with Crippen molar-refractivity contribution >= 4 is 86.8 Å². The molecule has 52 heavy (non-hydrogen) atoms. The Morgan fingerprint density at radius 2 is 0.942 bits per heavy atom. The maximum Gasteiger partial charge on any atom is 0.137 e. The van der Waals surface area contributed by atoms with Crippen LogP contribution in [0.4, 0.5) is 0 Å². The van der Waals surface area contributed by atoms with Crippen LogP contribution in [0.15, 0.2) is 180 Å². The summed E-state index contributed by atoms with van der Waals surface area (Å²) in [6.07, 6.45) is 0. The molecule has 2 aromatic heterocycles. The molecule has 240 valence electrons. The van der Waals surface area contributed by atoms with Crippen molar-refractivity contribution in [2.75, 3.05) is 0 Å². The highest BCUT2D eigenvalue weighted by atomic mass is 16.3. The van der Waals surface area contributed by atoms with E-state index in [0.29, 0.717) is 0 Å². The summed E-state index contributed by atoms with van der Waals surface area (Å²) in [5.74, 6) is 0. The summed E-state index contributed by atoms with van der Waals surface area (Å²) in [6, 6.07) is 64.4. The molecule has 0 aliphatic heterocycles. The van der Waals surface area contributed by atoms with Gasteiger partial charge in [-0.2, -0.15) is 0 Å². The van der Waals surface area contributed by atoms with Crippen LogP contribution in [0.1, 0.15) is 0 Å². The van der Waals surface area contributed by atoms with Gasteiger partial charge in [0.1, 0.15) is 11.2 Å². The van der Waals surface area contributed by atoms with E-state index in [0.717, 1.165) is 33.1 Å². The van der Waals surface area contributed by atoms with E-state index in [1.54, 1.807) is 0 Å². The number of aromatic nitrogens is 1. The molecule has 10 aromatic carbocycles. The van der Waals surface area contributed by atoms with Crippen LogP contribution in [0.2, 0.25) is 0 Å². The highest BCUT2D eigenvalue weighted by Crippen LogP contribution is 2.43. The zero-order valence-corrected chi connectivity index (χ0v) is 28.1. The van der Waals surface area contributed by atoms with E-state index in [1.807, 2.05) is 12.1 Å². The van der Waals surface area contributed by atoms with Gasteiger partial charge in [0.2, 0.25) is 0 Å². The Morgan fingerprint density at radius 1 is 0.327 bits per heavy atom. The van der Waals surface area contributed by atoms with Crippen molar-refractivity contribution < 1.29 is 4.42 Å². The summed E-state index contributed by atoms with van der Waals surface area (Å²) in [5, 5.41) is 15.1. The number of para-hydroxylation sites is 2. The van der Waals surface area contributed by atoms with Gasteiger partial charge in [0.15, 0.2) is 0 Å². The number of benzene rings is 10. The maximum atomic E-state index is 6.35. The maximum absolute atomic E-state index is 6.35. The fraction of sp³-hybridized carbons (Fsp3) is 0. The Balaban J connectivity index is 1.02. The first kappa shape index (κ1) is 27.9. The SMILES string of the molecule is c1ccc2cc(-c3ccc4ccc5c(-c6ccc(-n7c8ccccc8c8cc9c(cc87)oc7ccccc79)cc6)ccc6ccc3c4c65)ccc2c1. The summed E-state index contributed by atoms with van der Waals surface area (Å²) in [4.78, 5) is 0. The van der Waals surface area contributed by atoms with Crippen LogP contribution in [0.5, 0.6) is 0 Å². The monoisotopic (exact) mass is 659 g/mol. The van der Waals surface area contributed by atoms with Gasteiger partial charge in [0.25, 0.3) is 0 Å². The Kier molecular flexibility index (Phi) is 5.53. The molecular formula is C50H29NO. The lowest BCUT2D eigenvalue weighted by atomic mass is 9.87. The number of rotatable bonds is 3. The van der Waals surface area contributed by atoms with Gasteiger partial charge in [0.05, 0.1) is 11.0 Å². The second-order valence-corrected chi connectivity index (χ2v) is 14.1. The van der Waals surface area contributed by atoms with Crippen LogP contribution in [-0.4, -0.2) is 4.57 Å². The van der Waals surface area contributed by atoms with Crippen LogP contribution in [0.3, 0.4) is 0 Å². The number of furan rings is 1. The lowest BCUT2D eigenvalue weighted by Gasteiger charge is -2.17. The molecule has 0 spiro atoms. The fourth-order valence-electron chi connectivity index (χ4n) is 8.92. The van der Waals surface area contributed by atoms with Gasteiger partial charge in [0, 0.05) is 33.3 Å². The lowest BCUT2D eigenvalue weighted by Crippen LogP contribution is -1.94. The number of hydrogen-bond acceptors (Lipinski definition) is 1.